The quantitative estimate of drug-likeness (QED) is 0.534. The van der Waals surface area contributed by atoms with E-state index in [0.717, 1.165) is 19.4 Å². The molecule has 1 aromatic rings. The van der Waals surface area contributed by atoms with Gasteiger partial charge in [-0.15, -0.1) is 6.58 Å². The van der Waals surface area contributed by atoms with E-state index in [0.29, 0.717) is 6.04 Å². The molecule has 0 aliphatic carbocycles. The van der Waals surface area contributed by atoms with Gasteiger partial charge in [-0.3, -0.25) is 0 Å². The first-order chi connectivity index (χ1) is 8.29. The van der Waals surface area contributed by atoms with Gasteiger partial charge in [0.15, 0.2) is 0 Å². The van der Waals surface area contributed by atoms with Crippen LogP contribution in [0.3, 0.4) is 0 Å². The number of halogens is 1. The molecule has 0 spiro atoms. The first-order valence-corrected chi connectivity index (χ1v) is 7.17. The molecule has 1 aromatic carbocycles. The van der Waals surface area contributed by atoms with Crippen molar-refractivity contribution in [1.29, 1.82) is 0 Å². The molecule has 1 rings (SSSR count). The molecule has 2 heteroatoms. The van der Waals surface area contributed by atoms with E-state index in [2.05, 4.69) is 59.0 Å². The van der Waals surface area contributed by atoms with E-state index in [1.807, 2.05) is 6.08 Å². The Morgan fingerprint density at radius 1 is 1.41 bits per heavy atom. The number of benzene rings is 1. The highest BCUT2D eigenvalue weighted by Crippen LogP contribution is 2.26. The van der Waals surface area contributed by atoms with Crippen LogP contribution in [0, 0.1) is 0 Å². The number of hydrogen-bond acceptors (Lipinski definition) is 1. The molecule has 0 amide bonds. The summed E-state index contributed by atoms with van der Waals surface area (Å²) in [5, 5.41) is 3.62. The van der Waals surface area contributed by atoms with E-state index in [9.17, 15) is 0 Å². The van der Waals surface area contributed by atoms with Crippen molar-refractivity contribution < 1.29 is 0 Å². The van der Waals surface area contributed by atoms with Crippen LogP contribution >= 0.6 is 15.9 Å². The van der Waals surface area contributed by atoms with Crippen molar-refractivity contribution in [2.24, 2.45) is 0 Å². The van der Waals surface area contributed by atoms with Crippen LogP contribution in [-0.2, 0) is 0 Å². The topological polar surface area (TPSA) is 12.0 Å². The van der Waals surface area contributed by atoms with Crippen LogP contribution in [0.5, 0.6) is 0 Å². The van der Waals surface area contributed by atoms with Crippen molar-refractivity contribution in [3.8, 4) is 0 Å². The first kappa shape index (κ1) is 14.5. The van der Waals surface area contributed by atoms with Crippen LogP contribution in [0.4, 0.5) is 0 Å². The van der Waals surface area contributed by atoms with Gasteiger partial charge in [0.2, 0.25) is 0 Å². The third kappa shape index (κ3) is 5.05. The summed E-state index contributed by atoms with van der Waals surface area (Å²) >= 11 is 3.64. The molecule has 1 N–H and O–H groups in total. The van der Waals surface area contributed by atoms with Crippen molar-refractivity contribution in [3.05, 3.63) is 47.0 Å². The van der Waals surface area contributed by atoms with E-state index in [4.69, 9.17) is 0 Å². The maximum absolute atomic E-state index is 3.78. The van der Waals surface area contributed by atoms with Gasteiger partial charge < -0.3 is 5.32 Å². The van der Waals surface area contributed by atoms with Crippen LogP contribution in [0.25, 0.3) is 0 Å². The van der Waals surface area contributed by atoms with Gasteiger partial charge in [0.05, 0.1) is 0 Å². The summed E-state index contributed by atoms with van der Waals surface area (Å²) in [6, 6.07) is 8.93. The Balaban J connectivity index is 2.67. The smallest absolute Gasteiger partial charge is 0.0331 e. The van der Waals surface area contributed by atoms with Crippen molar-refractivity contribution in [3.63, 3.8) is 0 Å². The summed E-state index contributed by atoms with van der Waals surface area (Å²) in [6.07, 6.45) is 6.61. The van der Waals surface area contributed by atoms with Crippen LogP contribution in [0.2, 0.25) is 0 Å². The number of allylic oxidation sites excluding steroid dienone is 1. The lowest BCUT2D eigenvalue weighted by Crippen LogP contribution is -2.22. The van der Waals surface area contributed by atoms with Crippen molar-refractivity contribution in [2.75, 3.05) is 6.54 Å². The molecule has 1 atom stereocenters. The third-order valence-electron chi connectivity index (χ3n) is 2.82. The lowest BCUT2D eigenvalue weighted by molar-refractivity contribution is 0.485. The molecule has 0 saturated heterocycles. The Morgan fingerprint density at radius 2 is 2.18 bits per heavy atom. The van der Waals surface area contributed by atoms with Crippen LogP contribution in [0.1, 0.15) is 44.2 Å². The minimum absolute atomic E-state index is 0.450. The van der Waals surface area contributed by atoms with Gasteiger partial charge in [-0.1, -0.05) is 47.1 Å². The molecule has 1 unspecified atom stereocenters. The van der Waals surface area contributed by atoms with Crippen LogP contribution in [-0.4, -0.2) is 6.54 Å². The second-order valence-electron chi connectivity index (χ2n) is 4.25. The molecule has 0 heterocycles. The number of rotatable bonds is 8. The lowest BCUT2D eigenvalue weighted by atomic mass is 10.0. The molecule has 1 nitrogen and oxygen atoms in total. The van der Waals surface area contributed by atoms with Gasteiger partial charge >= 0.3 is 0 Å². The normalized spacial score (nSPS) is 12.4. The molecule has 17 heavy (non-hydrogen) atoms. The molecule has 0 fully saturated rings. The Morgan fingerprint density at radius 3 is 2.82 bits per heavy atom. The zero-order valence-electron chi connectivity index (χ0n) is 10.6. The van der Waals surface area contributed by atoms with E-state index in [1.165, 1.54) is 22.9 Å². The summed E-state index contributed by atoms with van der Waals surface area (Å²) < 4.78 is 1.20. The Bertz CT molecular complexity index is 335. The zero-order chi connectivity index (χ0) is 12.5. The maximum Gasteiger partial charge on any atom is 0.0331 e. The van der Waals surface area contributed by atoms with Crippen LogP contribution in [0.15, 0.2) is 41.4 Å². The number of nitrogens with one attached hydrogen (secondary N) is 1. The molecular formula is C15H22BrN. The van der Waals surface area contributed by atoms with Crippen molar-refractivity contribution >= 4 is 15.9 Å². The molecule has 0 bridgehead atoms. The van der Waals surface area contributed by atoms with Gasteiger partial charge in [0.1, 0.15) is 0 Å². The second-order valence-corrected chi connectivity index (χ2v) is 5.10. The van der Waals surface area contributed by atoms with Gasteiger partial charge in [-0.25, -0.2) is 0 Å². The fourth-order valence-electron chi connectivity index (χ4n) is 1.91. The zero-order valence-corrected chi connectivity index (χ0v) is 12.2. The van der Waals surface area contributed by atoms with Crippen LogP contribution < -0.4 is 5.32 Å². The van der Waals surface area contributed by atoms with Crippen molar-refractivity contribution in [1.82, 2.24) is 5.32 Å². The molecule has 0 saturated carbocycles. The Labute approximate surface area is 113 Å². The lowest BCUT2D eigenvalue weighted by Gasteiger charge is -2.20. The van der Waals surface area contributed by atoms with Gasteiger partial charge in [0.25, 0.3) is 0 Å². The highest BCUT2D eigenvalue weighted by Gasteiger charge is 2.12. The largest absolute Gasteiger partial charge is 0.310 e. The first-order valence-electron chi connectivity index (χ1n) is 6.38. The molecule has 0 aliphatic heterocycles. The SMILES string of the molecule is C=CCCCC(NCCC)c1ccccc1Br. The highest BCUT2D eigenvalue weighted by atomic mass is 79.9. The minimum atomic E-state index is 0.450. The molecule has 0 radical (unpaired) electrons. The highest BCUT2D eigenvalue weighted by molar-refractivity contribution is 9.10. The predicted octanol–water partition coefficient (Wildman–Crippen LogP) is 4.85. The summed E-state index contributed by atoms with van der Waals surface area (Å²) in [7, 11) is 0. The molecular weight excluding hydrogens is 274 g/mol. The van der Waals surface area contributed by atoms with E-state index in [1.54, 1.807) is 0 Å². The second kappa shape index (κ2) is 8.48. The summed E-state index contributed by atoms with van der Waals surface area (Å²) in [5.41, 5.74) is 1.37. The Hall–Kier alpha value is -0.600. The summed E-state index contributed by atoms with van der Waals surface area (Å²) in [5.74, 6) is 0. The average Bonchev–Trinajstić information content (AvgIpc) is 2.35. The monoisotopic (exact) mass is 295 g/mol. The fourth-order valence-corrected chi connectivity index (χ4v) is 2.47. The van der Waals surface area contributed by atoms with Gasteiger partial charge in [0, 0.05) is 10.5 Å². The Kier molecular flexibility index (Phi) is 7.22. The number of unbranched alkanes of at least 4 members (excludes halogenated alkanes) is 1. The molecule has 0 aromatic heterocycles. The predicted molar refractivity (Wildman–Crippen MR) is 79.2 cm³/mol. The third-order valence-corrected chi connectivity index (χ3v) is 3.54. The fraction of sp³-hybridized carbons (Fsp3) is 0.467. The van der Waals surface area contributed by atoms with Gasteiger partial charge in [-0.2, -0.15) is 0 Å². The molecule has 0 aliphatic rings. The van der Waals surface area contributed by atoms with Crippen molar-refractivity contribution in [2.45, 2.75) is 38.6 Å². The van der Waals surface area contributed by atoms with E-state index >= 15 is 0 Å². The number of hydrogen-bond donors (Lipinski definition) is 1. The summed E-state index contributed by atoms with van der Waals surface area (Å²) in [4.78, 5) is 0. The van der Waals surface area contributed by atoms with E-state index in [-0.39, 0.29) is 0 Å². The standard InChI is InChI=1S/C15H22BrN/c1-3-5-6-11-15(17-12-4-2)13-9-7-8-10-14(13)16/h3,7-10,15,17H,1,4-6,11-12H2,2H3. The molecule has 94 valence electrons. The minimum Gasteiger partial charge on any atom is -0.310 e. The maximum atomic E-state index is 3.78. The summed E-state index contributed by atoms with van der Waals surface area (Å²) in [6.45, 7) is 7.05. The van der Waals surface area contributed by atoms with Gasteiger partial charge in [-0.05, 0) is 43.9 Å². The van der Waals surface area contributed by atoms with E-state index < -0.39 is 0 Å². The average molecular weight is 296 g/mol.